The van der Waals surface area contributed by atoms with Gasteiger partial charge < -0.3 is 16.2 Å². The molecule has 2 nitrogen and oxygen atoms in total. The Hall–Kier alpha value is 0.504. The van der Waals surface area contributed by atoms with E-state index in [1.807, 2.05) is 0 Å². The van der Waals surface area contributed by atoms with E-state index in [1.165, 1.54) is 64.8 Å². The van der Waals surface area contributed by atoms with Crippen molar-refractivity contribution in [1.29, 1.82) is 0 Å². The van der Waals surface area contributed by atoms with Crippen LogP contribution in [0.15, 0.2) is 0 Å². The molecule has 0 spiro atoms. The number of likely N-dealkylation sites (tertiary alicyclic amines) is 2. The van der Waals surface area contributed by atoms with Crippen molar-refractivity contribution < 1.29 is 18.6 Å². The fourth-order valence-electron chi connectivity index (χ4n) is 3.15. The molecule has 0 aromatic heterocycles. The monoisotopic (exact) mass is 288 g/mol. The third-order valence-corrected chi connectivity index (χ3v) is 4.53. The first-order chi connectivity index (χ1) is 8.25. The van der Waals surface area contributed by atoms with Crippen LogP contribution in [0.3, 0.4) is 0 Å². The minimum absolute atomic E-state index is 0. The molecule has 0 saturated carbocycles. The summed E-state index contributed by atoms with van der Waals surface area (Å²) in [7, 11) is 0. The summed E-state index contributed by atoms with van der Waals surface area (Å²) in [6, 6.07) is 0.744. The summed E-state index contributed by atoms with van der Waals surface area (Å²) in [5.41, 5.74) is 0. The van der Waals surface area contributed by atoms with Gasteiger partial charge in [0.1, 0.15) is 0 Å². The molecule has 0 bridgehead atoms. The summed E-state index contributed by atoms with van der Waals surface area (Å²) in [5, 5.41) is 0. The maximum Gasteiger partial charge on any atom is 0.00385 e. The van der Waals surface area contributed by atoms with E-state index in [0.29, 0.717) is 0 Å². The van der Waals surface area contributed by atoms with Gasteiger partial charge in [-0.1, -0.05) is 0 Å². The summed E-state index contributed by atoms with van der Waals surface area (Å²) >= 11 is 0. The first-order valence-corrected chi connectivity index (χ1v) is 7.54. The third-order valence-electron chi connectivity index (χ3n) is 4.53. The van der Waals surface area contributed by atoms with Crippen molar-refractivity contribution in [2.24, 2.45) is 5.92 Å². The van der Waals surface area contributed by atoms with Crippen molar-refractivity contribution in [3.8, 4) is 0 Å². The Morgan fingerprint density at radius 1 is 1.06 bits per heavy atom. The molecule has 3 heteroatoms. The predicted octanol–water partition coefficient (Wildman–Crippen LogP) is 2.79. The van der Waals surface area contributed by atoms with Crippen LogP contribution in [0.2, 0.25) is 0 Å². The number of rotatable bonds is 4. The molecule has 0 unspecified atom stereocenters. The molecule has 2 saturated heterocycles. The van der Waals surface area contributed by atoms with Crippen molar-refractivity contribution in [3.05, 3.63) is 6.42 Å². The van der Waals surface area contributed by atoms with E-state index >= 15 is 0 Å². The topological polar surface area (TPSA) is 6.48 Å². The van der Waals surface area contributed by atoms with Crippen LogP contribution >= 0.6 is 0 Å². The molecule has 0 atom stereocenters. The van der Waals surface area contributed by atoms with Crippen LogP contribution in [0.4, 0.5) is 0 Å². The second kappa shape index (κ2) is 8.63. The van der Waals surface area contributed by atoms with Crippen molar-refractivity contribution in [2.45, 2.75) is 52.0 Å². The van der Waals surface area contributed by atoms with Gasteiger partial charge in [-0.15, -0.1) is 0 Å². The maximum atomic E-state index is 2.66. The average Bonchev–Trinajstić information content (AvgIpc) is 2.38. The molecule has 2 fully saturated rings. The Balaban J connectivity index is 0.00000162. The molecule has 1 radical (unpaired) electrons. The summed E-state index contributed by atoms with van der Waals surface area (Å²) < 4.78 is 0. The first kappa shape index (κ1) is 16.6. The second-order valence-corrected chi connectivity index (χ2v) is 6.07. The summed E-state index contributed by atoms with van der Waals surface area (Å²) in [6.07, 6.45) is 9.36. The van der Waals surface area contributed by atoms with Crippen LogP contribution in [-0.2, 0) is 18.6 Å². The zero-order valence-electron chi connectivity index (χ0n) is 12.1. The summed E-state index contributed by atoms with van der Waals surface area (Å²) in [6.45, 7) is 11.3. The van der Waals surface area contributed by atoms with E-state index in [-0.39, 0.29) is 18.6 Å². The van der Waals surface area contributed by atoms with Crippen LogP contribution in [0.1, 0.15) is 46.0 Å². The third kappa shape index (κ3) is 5.24. The largest absolute Gasteiger partial charge is 0.326 e. The standard InChI is InChI=1S/C15H29N2.V/c1-14(2)17-12-7-15(8-13-17)6-11-16-9-4-3-5-10-16;/h3,14-15H,4-13H2,1-2H3;/q-1;. The van der Waals surface area contributed by atoms with Gasteiger partial charge in [-0.05, 0) is 71.8 Å². The fourth-order valence-corrected chi connectivity index (χ4v) is 3.15. The van der Waals surface area contributed by atoms with Gasteiger partial charge >= 0.3 is 0 Å². The molecule has 0 aromatic carbocycles. The van der Waals surface area contributed by atoms with Crippen molar-refractivity contribution in [1.82, 2.24) is 9.80 Å². The molecule has 2 aliphatic rings. The van der Waals surface area contributed by atoms with E-state index in [9.17, 15) is 0 Å². The van der Waals surface area contributed by atoms with E-state index in [4.69, 9.17) is 0 Å². The van der Waals surface area contributed by atoms with E-state index in [1.54, 1.807) is 0 Å². The number of hydrogen-bond acceptors (Lipinski definition) is 2. The van der Waals surface area contributed by atoms with Crippen molar-refractivity contribution in [3.63, 3.8) is 0 Å². The molecular formula is C15H29N2V-. The Morgan fingerprint density at radius 2 is 1.67 bits per heavy atom. The minimum Gasteiger partial charge on any atom is -0.326 e. The number of piperidine rings is 2. The quantitative estimate of drug-likeness (QED) is 0.734. The van der Waals surface area contributed by atoms with Gasteiger partial charge in [-0.3, -0.25) is 0 Å². The van der Waals surface area contributed by atoms with Crippen LogP contribution in [0.25, 0.3) is 0 Å². The van der Waals surface area contributed by atoms with Gasteiger partial charge in [-0.2, -0.15) is 12.8 Å². The Morgan fingerprint density at radius 3 is 2.22 bits per heavy atom. The second-order valence-electron chi connectivity index (χ2n) is 6.07. The zero-order valence-corrected chi connectivity index (χ0v) is 13.5. The molecule has 0 aliphatic carbocycles. The van der Waals surface area contributed by atoms with Crippen LogP contribution < -0.4 is 0 Å². The van der Waals surface area contributed by atoms with Crippen molar-refractivity contribution >= 4 is 0 Å². The first-order valence-electron chi connectivity index (χ1n) is 7.54. The molecule has 2 aliphatic heterocycles. The average molecular weight is 288 g/mol. The maximum absolute atomic E-state index is 2.66. The predicted molar refractivity (Wildman–Crippen MR) is 74.0 cm³/mol. The molecular weight excluding hydrogens is 259 g/mol. The van der Waals surface area contributed by atoms with E-state index in [2.05, 4.69) is 30.1 Å². The van der Waals surface area contributed by atoms with Gasteiger partial charge in [-0.25, -0.2) is 0 Å². The SMILES string of the molecule is CC(C)N1CCC(CCN2CC[CH-]CC2)CC1.[V]. The van der Waals surface area contributed by atoms with Crippen LogP contribution in [0.5, 0.6) is 0 Å². The molecule has 0 amide bonds. The summed E-state index contributed by atoms with van der Waals surface area (Å²) in [4.78, 5) is 5.29. The fraction of sp³-hybridized carbons (Fsp3) is 0.933. The Bertz CT molecular complexity index is 207. The molecule has 18 heavy (non-hydrogen) atoms. The normalized spacial score (nSPS) is 24.2. The van der Waals surface area contributed by atoms with Gasteiger partial charge in [0, 0.05) is 24.6 Å². The number of nitrogens with zero attached hydrogens (tertiary/aromatic N) is 2. The minimum atomic E-state index is 0. The molecule has 0 N–H and O–H groups in total. The zero-order chi connectivity index (χ0) is 12.1. The number of hydrogen-bond donors (Lipinski definition) is 0. The van der Waals surface area contributed by atoms with E-state index in [0.717, 1.165) is 12.0 Å². The Labute approximate surface area is 125 Å². The van der Waals surface area contributed by atoms with Crippen LogP contribution in [0, 0.1) is 12.3 Å². The van der Waals surface area contributed by atoms with Gasteiger partial charge in [0.2, 0.25) is 0 Å². The Kier molecular flexibility index (Phi) is 7.94. The van der Waals surface area contributed by atoms with Crippen LogP contribution in [-0.4, -0.2) is 48.6 Å². The smallest absolute Gasteiger partial charge is 0.00385 e. The van der Waals surface area contributed by atoms with E-state index < -0.39 is 0 Å². The van der Waals surface area contributed by atoms with Crippen molar-refractivity contribution in [2.75, 3.05) is 32.7 Å². The molecule has 0 aromatic rings. The molecule has 2 heterocycles. The molecule has 105 valence electrons. The van der Waals surface area contributed by atoms with Gasteiger partial charge in [0.25, 0.3) is 0 Å². The van der Waals surface area contributed by atoms with Gasteiger partial charge in [0.15, 0.2) is 0 Å². The van der Waals surface area contributed by atoms with Gasteiger partial charge in [0.05, 0.1) is 0 Å². The summed E-state index contributed by atoms with van der Waals surface area (Å²) in [5.74, 6) is 0.996. The molecule has 2 rings (SSSR count).